The number of alkyl carbamates (subject to hydrolysis) is 2. The molecule has 6 atom stereocenters. The highest BCUT2D eigenvalue weighted by atomic mass is 16.5. The Balaban J connectivity index is 1.14. The Labute approximate surface area is 367 Å². The second-order valence-corrected chi connectivity index (χ2v) is 17.1. The second kappa shape index (κ2) is 19.1. The molecule has 2 aromatic heterocycles. The van der Waals surface area contributed by atoms with E-state index in [1.54, 1.807) is 11.8 Å². The van der Waals surface area contributed by atoms with Crippen LogP contribution >= 0.6 is 0 Å². The summed E-state index contributed by atoms with van der Waals surface area (Å²) in [7, 11) is 4.05. The molecule has 4 N–H and O–H groups in total. The van der Waals surface area contributed by atoms with Crippen molar-refractivity contribution in [2.45, 2.75) is 111 Å². The molecule has 5 aromatic rings. The van der Waals surface area contributed by atoms with Gasteiger partial charge in [0.25, 0.3) is 0 Å². The monoisotopic (exact) mass is 864 g/mol. The molecule has 1 saturated heterocycles. The molecule has 3 aromatic carbocycles. The lowest BCUT2D eigenvalue weighted by Gasteiger charge is -2.34. The van der Waals surface area contributed by atoms with Gasteiger partial charge in [-0.25, -0.2) is 19.6 Å². The van der Waals surface area contributed by atoms with Crippen molar-refractivity contribution in [2.24, 2.45) is 11.8 Å². The molecule has 16 heteroatoms. The number of carbonyl (C=O) groups excluding carboxylic acids is 4. The molecule has 0 saturated carbocycles. The number of H-pyrrole nitrogens is 2. The Morgan fingerprint density at radius 1 is 0.921 bits per heavy atom. The van der Waals surface area contributed by atoms with Crippen molar-refractivity contribution in [1.82, 2.24) is 40.4 Å². The van der Waals surface area contributed by atoms with Gasteiger partial charge in [0.1, 0.15) is 36.1 Å². The Morgan fingerprint density at radius 2 is 1.67 bits per heavy atom. The first-order chi connectivity index (χ1) is 30.3. The van der Waals surface area contributed by atoms with E-state index in [1.807, 2.05) is 43.1 Å². The lowest BCUT2D eigenvalue weighted by atomic mass is 9.92. The maximum absolute atomic E-state index is 14.0. The van der Waals surface area contributed by atoms with Crippen LogP contribution in [0.3, 0.4) is 0 Å². The number of nitrogens with one attached hydrogen (secondary N) is 4. The molecule has 16 nitrogen and oxygen atoms in total. The van der Waals surface area contributed by atoms with Crippen molar-refractivity contribution in [3.63, 3.8) is 0 Å². The number of benzene rings is 3. The van der Waals surface area contributed by atoms with E-state index in [-0.39, 0.29) is 42.3 Å². The number of methoxy groups -OCH3 is 3. The zero-order valence-corrected chi connectivity index (χ0v) is 37.7. The van der Waals surface area contributed by atoms with Gasteiger partial charge in [-0.2, -0.15) is 0 Å². The predicted molar refractivity (Wildman–Crippen MR) is 239 cm³/mol. The lowest BCUT2D eigenvalue weighted by molar-refractivity contribution is -0.138. The highest BCUT2D eigenvalue weighted by Crippen LogP contribution is 2.43. The number of hydrogen-bond acceptors (Lipinski definition) is 10. The van der Waals surface area contributed by atoms with Crippen LogP contribution in [0.5, 0.6) is 5.75 Å². The molecule has 2 aliphatic heterocycles. The minimum atomic E-state index is -0.952. The molecule has 0 bridgehead atoms. The molecule has 2 aliphatic rings. The third-order valence-electron chi connectivity index (χ3n) is 12.7. The molecular weight excluding hydrogens is 805 g/mol. The number of rotatable bonds is 15. The first-order valence-electron chi connectivity index (χ1n) is 21.9. The van der Waals surface area contributed by atoms with Crippen molar-refractivity contribution in [3.8, 4) is 28.1 Å². The van der Waals surface area contributed by atoms with E-state index in [1.165, 1.54) is 21.3 Å². The number of aromatic nitrogens is 4. The van der Waals surface area contributed by atoms with Crippen LogP contribution in [0.25, 0.3) is 44.2 Å². The number of likely N-dealkylation sites (tertiary alicyclic amines) is 1. The van der Waals surface area contributed by atoms with Gasteiger partial charge in [-0.05, 0) is 84.4 Å². The van der Waals surface area contributed by atoms with Crippen LogP contribution in [0.15, 0.2) is 48.7 Å². The quantitative estimate of drug-likeness (QED) is 0.0814. The summed E-state index contributed by atoms with van der Waals surface area (Å²) in [6.07, 6.45) is 3.14. The van der Waals surface area contributed by atoms with E-state index in [0.717, 1.165) is 81.2 Å². The number of carbonyl (C=O) groups is 4. The topological polar surface area (TPSA) is 193 Å². The van der Waals surface area contributed by atoms with Gasteiger partial charge in [-0.15, -0.1) is 0 Å². The SMILES string of the molecule is CC[C@H](C)CN(Cc1nc2ccc3cc4c(cc3c2[nH]1)OCc1cc(-c2cnc([C@@H]3CC[C@H](CC)N3C(=O)[C@@H](NC(=O)OC)C(C)C)[nH]2)ccc1-4)C(=O)[C@@H](NC(=O)OC)[C@@H](C)OC. The van der Waals surface area contributed by atoms with E-state index in [2.05, 4.69) is 65.6 Å². The molecule has 4 heterocycles. The fourth-order valence-electron chi connectivity index (χ4n) is 8.80. The number of aromatic amines is 2. The highest BCUT2D eigenvalue weighted by molar-refractivity contribution is 6.07. The van der Waals surface area contributed by atoms with Crippen molar-refractivity contribution in [1.29, 1.82) is 0 Å². The minimum Gasteiger partial charge on any atom is -0.488 e. The standard InChI is InChI=1S/C47H60N8O8/c1-10-26(5)22-54(44(56)41(27(6)60-7)53-47(59)62-9)23-39-49-35-16-13-28-19-34-32-15-12-29(18-30(32)24-63-38(34)20-33(28)42(35)51-39)36-21-48-43(50-36)37-17-14-31(11-2)55(37)45(57)40(25(3)4)52-46(58)61-8/h12-13,15-16,18-21,25-27,31,37,40-41H,10-11,14,17,22-24H2,1-9H3,(H,48,50)(H,49,51)(H,52,58)(H,53,59)/t26-,27+,31-,37-,40-,41-/m0/s1. The Morgan fingerprint density at radius 3 is 2.35 bits per heavy atom. The van der Waals surface area contributed by atoms with Crippen LogP contribution in [0.2, 0.25) is 0 Å². The number of nitrogens with zero attached hydrogens (tertiary/aromatic N) is 4. The van der Waals surface area contributed by atoms with Crippen molar-refractivity contribution in [3.05, 3.63) is 65.9 Å². The van der Waals surface area contributed by atoms with Gasteiger partial charge < -0.3 is 49.3 Å². The molecule has 7 rings (SSSR count). The summed E-state index contributed by atoms with van der Waals surface area (Å²) < 4.78 is 21.6. The second-order valence-electron chi connectivity index (χ2n) is 17.1. The van der Waals surface area contributed by atoms with E-state index in [4.69, 9.17) is 28.9 Å². The highest BCUT2D eigenvalue weighted by Gasteiger charge is 2.42. The van der Waals surface area contributed by atoms with Crippen LogP contribution in [0, 0.1) is 11.8 Å². The van der Waals surface area contributed by atoms with Gasteiger partial charge in [0.05, 0.1) is 55.8 Å². The molecule has 4 amide bonds. The largest absolute Gasteiger partial charge is 0.488 e. The molecule has 0 unspecified atom stereocenters. The number of ether oxygens (including phenoxy) is 4. The minimum absolute atomic E-state index is 0.0299. The van der Waals surface area contributed by atoms with Crippen molar-refractivity contribution in [2.75, 3.05) is 27.9 Å². The molecule has 63 heavy (non-hydrogen) atoms. The molecule has 0 aliphatic carbocycles. The zero-order valence-electron chi connectivity index (χ0n) is 37.7. The van der Waals surface area contributed by atoms with Gasteiger partial charge in [0.15, 0.2) is 0 Å². The zero-order chi connectivity index (χ0) is 45.1. The van der Waals surface area contributed by atoms with Gasteiger partial charge >= 0.3 is 12.2 Å². The Hall–Kier alpha value is -6.16. The van der Waals surface area contributed by atoms with E-state index in [9.17, 15) is 19.2 Å². The van der Waals surface area contributed by atoms with Crippen LogP contribution in [-0.4, -0.2) is 106 Å². The van der Waals surface area contributed by atoms with E-state index < -0.39 is 30.4 Å². The summed E-state index contributed by atoms with van der Waals surface area (Å²) in [4.78, 5) is 72.8. The summed E-state index contributed by atoms with van der Waals surface area (Å²) in [6, 6.07) is 12.6. The third-order valence-corrected chi connectivity index (χ3v) is 12.7. The Kier molecular flexibility index (Phi) is 13.6. The van der Waals surface area contributed by atoms with Gasteiger partial charge in [-0.3, -0.25) is 9.59 Å². The van der Waals surface area contributed by atoms with Gasteiger partial charge in [0.2, 0.25) is 11.8 Å². The summed E-state index contributed by atoms with van der Waals surface area (Å²) in [5.74, 6) is 1.72. The molecule has 0 radical (unpaired) electrons. The summed E-state index contributed by atoms with van der Waals surface area (Å²) in [5.41, 5.74) is 6.47. The Bertz CT molecular complexity index is 2480. The van der Waals surface area contributed by atoms with E-state index in [0.29, 0.717) is 24.8 Å². The maximum atomic E-state index is 14.0. The number of fused-ring (bicyclic) bond motifs is 6. The summed E-state index contributed by atoms with van der Waals surface area (Å²) >= 11 is 0. The number of hydrogen-bond donors (Lipinski definition) is 4. The van der Waals surface area contributed by atoms with Crippen molar-refractivity contribution < 1.29 is 38.1 Å². The van der Waals surface area contributed by atoms with Crippen molar-refractivity contribution >= 4 is 45.8 Å². The normalized spacial score (nSPS) is 17.7. The first kappa shape index (κ1) is 44.9. The van der Waals surface area contributed by atoms with Crippen LogP contribution in [0.1, 0.15) is 90.5 Å². The molecule has 1 fully saturated rings. The lowest BCUT2D eigenvalue weighted by Crippen LogP contribution is -2.54. The van der Waals surface area contributed by atoms with Crippen LogP contribution in [0.4, 0.5) is 9.59 Å². The number of amides is 4. The first-order valence-corrected chi connectivity index (χ1v) is 21.9. The predicted octanol–water partition coefficient (Wildman–Crippen LogP) is 7.62. The third kappa shape index (κ3) is 9.17. The van der Waals surface area contributed by atoms with E-state index >= 15 is 0 Å². The molecule has 336 valence electrons. The smallest absolute Gasteiger partial charge is 0.407 e. The average Bonchev–Trinajstić information content (AvgIpc) is 4.06. The molecule has 0 spiro atoms. The number of imidazole rings is 2. The molecular formula is C47H60N8O8. The summed E-state index contributed by atoms with van der Waals surface area (Å²) in [6.45, 7) is 12.8. The van der Waals surface area contributed by atoms with Gasteiger partial charge in [-0.1, -0.05) is 59.2 Å². The fraction of sp³-hybridized carbons (Fsp3) is 0.489. The van der Waals surface area contributed by atoms with Gasteiger partial charge in [0, 0.05) is 30.6 Å². The van der Waals surface area contributed by atoms with Crippen LogP contribution in [-0.2, 0) is 37.0 Å². The summed E-state index contributed by atoms with van der Waals surface area (Å²) in [5, 5.41) is 7.34. The average molecular weight is 865 g/mol. The maximum Gasteiger partial charge on any atom is 0.407 e. The van der Waals surface area contributed by atoms with Crippen LogP contribution < -0.4 is 15.4 Å². The fourth-order valence-corrected chi connectivity index (χ4v) is 8.80.